The van der Waals surface area contributed by atoms with E-state index in [1.807, 2.05) is 46.2 Å². The van der Waals surface area contributed by atoms with Gasteiger partial charge in [0.05, 0.1) is 0 Å². The summed E-state index contributed by atoms with van der Waals surface area (Å²) >= 11 is 7.74. The van der Waals surface area contributed by atoms with Crippen molar-refractivity contribution in [2.45, 2.75) is 16.2 Å². The van der Waals surface area contributed by atoms with Crippen molar-refractivity contribution in [3.63, 3.8) is 0 Å². The second kappa shape index (κ2) is 5.65. The molecular weight excluding hydrogens is 380 g/mol. The Balaban J connectivity index is 1.50. The monoisotopic (exact) mass is 394 g/mol. The van der Waals surface area contributed by atoms with Gasteiger partial charge in [-0.2, -0.15) is 0 Å². The van der Waals surface area contributed by atoms with E-state index in [9.17, 15) is 0 Å². The zero-order valence-electron chi connectivity index (χ0n) is 13.3. The van der Waals surface area contributed by atoms with Gasteiger partial charge in [-0.25, -0.2) is 0 Å². The highest BCUT2D eigenvalue weighted by Crippen LogP contribution is 2.64. The van der Waals surface area contributed by atoms with Gasteiger partial charge in [0.2, 0.25) is 0 Å². The van der Waals surface area contributed by atoms with Crippen LogP contribution in [0.15, 0.2) is 78.9 Å². The smallest absolute Gasteiger partial charge is 0.0354 e. The zero-order valence-corrected chi connectivity index (χ0v) is 16.5. The number of hydrogen-bond donors (Lipinski definition) is 0. The minimum Gasteiger partial charge on any atom is -0.144 e. The normalized spacial score (nSPS) is 23.6. The summed E-state index contributed by atoms with van der Waals surface area (Å²) in [6.45, 7) is 0. The molecule has 25 heavy (non-hydrogen) atoms. The maximum Gasteiger partial charge on any atom is 0.0354 e. The van der Waals surface area contributed by atoms with E-state index in [4.69, 9.17) is 0 Å². The lowest BCUT2D eigenvalue weighted by molar-refractivity contribution is 0.963. The van der Waals surface area contributed by atoms with Crippen LogP contribution in [0.2, 0.25) is 0 Å². The van der Waals surface area contributed by atoms with Gasteiger partial charge in [-0.05, 0) is 47.2 Å². The van der Waals surface area contributed by atoms with Gasteiger partial charge in [-0.1, -0.05) is 53.9 Å². The zero-order chi connectivity index (χ0) is 16.4. The molecule has 3 aliphatic rings. The van der Waals surface area contributed by atoms with Crippen molar-refractivity contribution in [3.8, 4) is 10.4 Å². The molecule has 0 bridgehead atoms. The van der Waals surface area contributed by atoms with Gasteiger partial charge in [0, 0.05) is 40.5 Å². The Hall–Kier alpha value is -1.20. The van der Waals surface area contributed by atoms with Crippen LogP contribution in [0.25, 0.3) is 16.0 Å². The van der Waals surface area contributed by atoms with Gasteiger partial charge in [-0.3, -0.25) is 0 Å². The molecule has 2 unspecified atom stereocenters. The number of hydrogen-bond acceptors (Lipinski definition) is 4. The third kappa shape index (κ3) is 2.35. The Bertz CT molecular complexity index is 1020. The third-order valence-corrected chi connectivity index (χ3v) is 9.64. The van der Waals surface area contributed by atoms with Crippen molar-refractivity contribution in [1.82, 2.24) is 0 Å². The maximum atomic E-state index is 2.54. The molecule has 1 aromatic carbocycles. The highest BCUT2D eigenvalue weighted by Gasteiger charge is 2.46. The molecule has 2 atom stereocenters. The molecule has 1 fully saturated rings. The van der Waals surface area contributed by atoms with Gasteiger partial charge in [0.25, 0.3) is 0 Å². The van der Waals surface area contributed by atoms with Gasteiger partial charge in [-0.15, -0.1) is 22.7 Å². The molecule has 1 aliphatic heterocycles. The van der Waals surface area contributed by atoms with Crippen LogP contribution in [0.4, 0.5) is 0 Å². The number of thioether (sulfide) groups is 2. The fourth-order valence-electron chi connectivity index (χ4n) is 3.69. The summed E-state index contributed by atoms with van der Waals surface area (Å²) in [6.07, 6.45) is 3.88. The Morgan fingerprint density at radius 2 is 1.68 bits per heavy atom. The largest absolute Gasteiger partial charge is 0.144 e. The average Bonchev–Trinajstić information content (AvgIpc) is 3.06. The summed E-state index contributed by atoms with van der Waals surface area (Å²) < 4.78 is 0. The number of benzene rings is 1. The van der Waals surface area contributed by atoms with E-state index < -0.39 is 0 Å². The molecule has 0 radical (unpaired) electrons. The Labute approximate surface area is 163 Å². The third-order valence-electron chi connectivity index (χ3n) is 5.00. The summed E-state index contributed by atoms with van der Waals surface area (Å²) in [6, 6.07) is 15.6. The molecule has 6 rings (SSSR count). The van der Waals surface area contributed by atoms with Crippen LogP contribution >= 0.6 is 46.2 Å². The number of rotatable bonds is 2. The lowest BCUT2D eigenvalue weighted by Gasteiger charge is -2.27. The quantitative estimate of drug-likeness (QED) is 0.438. The molecule has 1 saturated carbocycles. The Morgan fingerprint density at radius 1 is 0.840 bits per heavy atom. The number of thiophene rings is 2. The van der Waals surface area contributed by atoms with Crippen LogP contribution in [-0.4, -0.2) is 0 Å². The van der Waals surface area contributed by atoms with Crippen molar-refractivity contribution in [2.75, 3.05) is 0 Å². The van der Waals surface area contributed by atoms with Crippen molar-refractivity contribution in [3.05, 3.63) is 74.0 Å². The fraction of sp³-hybridized carbons (Fsp3) is 0.143. The fourth-order valence-corrected chi connectivity index (χ4v) is 8.25. The van der Waals surface area contributed by atoms with E-state index in [0.29, 0.717) is 0 Å². The molecule has 0 saturated heterocycles. The highest BCUT2D eigenvalue weighted by atomic mass is 32.2. The van der Waals surface area contributed by atoms with Gasteiger partial charge in [0.15, 0.2) is 0 Å². The molecule has 0 nitrogen and oxygen atoms in total. The molecule has 0 spiro atoms. The van der Waals surface area contributed by atoms with E-state index >= 15 is 0 Å². The second-order valence-corrected chi connectivity index (χ2v) is 10.6. The first-order valence-corrected chi connectivity index (χ1v) is 11.8. The summed E-state index contributed by atoms with van der Waals surface area (Å²) in [4.78, 5) is 8.81. The van der Waals surface area contributed by atoms with Crippen LogP contribution in [-0.2, 0) is 0 Å². The number of fused-ring (bicyclic) bond motifs is 3. The van der Waals surface area contributed by atoms with Gasteiger partial charge < -0.3 is 0 Å². The van der Waals surface area contributed by atoms with Crippen LogP contribution < -0.4 is 0 Å². The van der Waals surface area contributed by atoms with E-state index in [0.717, 1.165) is 11.8 Å². The Morgan fingerprint density at radius 3 is 2.48 bits per heavy atom. The number of allylic oxidation sites excluding steroid dienone is 3. The van der Waals surface area contributed by atoms with Crippen molar-refractivity contribution < 1.29 is 0 Å². The molecule has 2 aromatic heterocycles. The van der Waals surface area contributed by atoms with E-state index in [1.165, 1.54) is 42.0 Å². The minimum absolute atomic E-state index is 0.769. The molecule has 4 heteroatoms. The first kappa shape index (κ1) is 14.9. The molecule has 2 aliphatic carbocycles. The standard InChI is InChI=1S/C21H14S4/c1-4-13(16-6-2-8-22-16)19-18(5-1)24-20-14-10-12(14)11-15(21(20)25-19)17-7-3-9-23-17/h1-9,11-12,14H,10H2. The lowest BCUT2D eigenvalue weighted by atomic mass is 10.1. The van der Waals surface area contributed by atoms with Gasteiger partial charge in [0.1, 0.15) is 0 Å². The second-order valence-electron chi connectivity index (χ2n) is 6.57. The van der Waals surface area contributed by atoms with Crippen LogP contribution in [0.3, 0.4) is 0 Å². The Kier molecular flexibility index (Phi) is 3.37. The van der Waals surface area contributed by atoms with Crippen molar-refractivity contribution >= 4 is 51.8 Å². The first-order chi connectivity index (χ1) is 12.4. The topological polar surface area (TPSA) is 0 Å². The molecule has 0 N–H and O–H groups in total. The molecular formula is C21H14S4. The summed E-state index contributed by atoms with van der Waals surface area (Å²) in [5.74, 6) is 1.54. The van der Waals surface area contributed by atoms with Crippen LogP contribution in [0, 0.1) is 11.8 Å². The van der Waals surface area contributed by atoms with E-state index in [2.05, 4.69) is 59.3 Å². The SMILES string of the molecule is C1=C(c2cccs2)C2=C(Sc3cccc(-c4cccs4)c3S2)C2CC12. The predicted octanol–water partition coefficient (Wildman–Crippen LogP) is 7.62. The van der Waals surface area contributed by atoms with Crippen molar-refractivity contribution in [2.24, 2.45) is 11.8 Å². The van der Waals surface area contributed by atoms with Crippen LogP contribution in [0.1, 0.15) is 11.3 Å². The molecule has 0 amide bonds. The van der Waals surface area contributed by atoms with Crippen molar-refractivity contribution in [1.29, 1.82) is 0 Å². The highest BCUT2D eigenvalue weighted by molar-refractivity contribution is 8.09. The summed E-state index contributed by atoms with van der Waals surface area (Å²) in [5, 5.41) is 4.37. The van der Waals surface area contributed by atoms with Gasteiger partial charge >= 0.3 is 0 Å². The molecule has 3 aromatic rings. The average molecular weight is 395 g/mol. The summed E-state index contributed by atoms with van der Waals surface area (Å²) in [7, 11) is 0. The summed E-state index contributed by atoms with van der Waals surface area (Å²) in [5.41, 5.74) is 2.87. The molecule has 3 heterocycles. The molecule has 122 valence electrons. The maximum absolute atomic E-state index is 2.54. The lowest BCUT2D eigenvalue weighted by Crippen LogP contribution is -2.03. The van der Waals surface area contributed by atoms with E-state index in [1.54, 1.807) is 4.91 Å². The van der Waals surface area contributed by atoms with Crippen LogP contribution in [0.5, 0.6) is 0 Å². The van der Waals surface area contributed by atoms with E-state index in [-0.39, 0.29) is 0 Å². The minimum atomic E-state index is 0.769. The predicted molar refractivity (Wildman–Crippen MR) is 112 cm³/mol. The first-order valence-electron chi connectivity index (χ1n) is 8.41.